The van der Waals surface area contributed by atoms with E-state index in [1.54, 1.807) is 0 Å². The molecule has 0 radical (unpaired) electrons. The van der Waals surface area contributed by atoms with Crippen LogP contribution >= 0.6 is 0 Å². The maximum absolute atomic E-state index is 4.78. The maximum atomic E-state index is 4.78. The first-order chi connectivity index (χ1) is 8.24. The van der Waals surface area contributed by atoms with Crippen LogP contribution < -0.4 is 0 Å². The highest BCUT2D eigenvalue weighted by molar-refractivity contribution is 5.62. The zero-order valence-electron chi connectivity index (χ0n) is 10.5. The second kappa shape index (κ2) is 4.02. The SMILES string of the molecule is Cc1ccccc1-c1cn2c(n1)CC[C@H](C)C2. The quantitative estimate of drug-likeness (QED) is 0.728. The molecule has 2 nitrogen and oxygen atoms in total. The zero-order valence-corrected chi connectivity index (χ0v) is 10.5. The van der Waals surface area contributed by atoms with E-state index < -0.39 is 0 Å². The van der Waals surface area contributed by atoms with E-state index in [0.29, 0.717) is 0 Å². The van der Waals surface area contributed by atoms with E-state index in [1.807, 2.05) is 0 Å². The maximum Gasteiger partial charge on any atom is 0.109 e. The molecule has 0 aliphatic carbocycles. The number of rotatable bonds is 1. The number of fused-ring (bicyclic) bond motifs is 1. The van der Waals surface area contributed by atoms with Crippen LogP contribution in [0.4, 0.5) is 0 Å². The van der Waals surface area contributed by atoms with E-state index in [0.717, 1.165) is 24.6 Å². The molecule has 2 heteroatoms. The minimum atomic E-state index is 0.779. The van der Waals surface area contributed by atoms with Crippen molar-refractivity contribution in [3.63, 3.8) is 0 Å². The van der Waals surface area contributed by atoms with Crippen molar-refractivity contribution in [1.82, 2.24) is 9.55 Å². The van der Waals surface area contributed by atoms with Crippen LogP contribution in [0.5, 0.6) is 0 Å². The Balaban J connectivity index is 2.03. The molecule has 0 saturated carbocycles. The van der Waals surface area contributed by atoms with Gasteiger partial charge in [-0.15, -0.1) is 0 Å². The normalized spacial score (nSPS) is 19.1. The van der Waals surface area contributed by atoms with Crippen LogP contribution in [0.25, 0.3) is 11.3 Å². The summed E-state index contributed by atoms with van der Waals surface area (Å²) in [6.07, 6.45) is 4.60. The van der Waals surface area contributed by atoms with Crippen molar-refractivity contribution in [2.24, 2.45) is 5.92 Å². The molecule has 1 atom stereocenters. The number of benzene rings is 1. The number of nitrogens with zero attached hydrogens (tertiary/aromatic N) is 2. The van der Waals surface area contributed by atoms with Gasteiger partial charge in [-0.1, -0.05) is 31.2 Å². The van der Waals surface area contributed by atoms with Gasteiger partial charge in [-0.05, 0) is 24.8 Å². The van der Waals surface area contributed by atoms with Crippen LogP contribution in [-0.2, 0) is 13.0 Å². The first-order valence-electron chi connectivity index (χ1n) is 6.36. The van der Waals surface area contributed by atoms with Crippen molar-refractivity contribution in [3.8, 4) is 11.3 Å². The van der Waals surface area contributed by atoms with Gasteiger partial charge >= 0.3 is 0 Å². The molecule has 1 aliphatic rings. The lowest BCUT2D eigenvalue weighted by atomic mass is 10.0. The lowest BCUT2D eigenvalue weighted by Crippen LogP contribution is -2.17. The Morgan fingerprint density at radius 1 is 1.29 bits per heavy atom. The average molecular weight is 226 g/mol. The van der Waals surface area contributed by atoms with E-state index in [1.165, 1.54) is 23.4 Å². The molecule has 2 heterocycles. The van der Waals surface area contributed by atoms with Gasteiger partial charge in [0.25, 0.3) is 0 Å². The highest BCUT2D eigenvalue weighted by Gasteiger charge is 2.17. The van der Waals surface area contributed by atoms with Crippen LogP contribution in [0.2, 0.25) is 0 Å². The van der Waals surface area contributed by atoms with Crippen molar-refractivity contribution < 1.29 is 0 Å². The Morgan fingerprint density at radius 3 is 2.94 bits per heavy atom. The standard InChI is InChI=1S/C15H18N2/c1-11-7-8-15-16-14(10-17(15)9-11)13-6-4-3-5-12(13)2/h3-6,10-11H,7-9H2,1-2H3/t11-/m0/s1. The predicted molar refractivity (Wildman–Crippen MR) is 69.9 cm³/mol. The van der Waals surface area contributed by atoms with Gasteiger partial charge in [-0.3, -0.25) is 0 Å². The molecule has 0 fully saturated rings. The number of aryl methyl sites for hydroxylation is 2. The van der Waals surface area contributed by atoms with Gasteiger partial charge in [0.15, 0.2) is 0 Å². The predicted octanol–water partition coefficient (Wildman–Crippen LogP) is 3.44. The molecular weight excluding hydrogens is 208 g/mol. The molecule has 0 N–H and O–H groups in total. The van der Waals surface area contributed by atoms with E-state index in [9.17, 15) is 0 Å². The molecule has 0 spiro atoms. The third-order valence-electron chi connectivity index (χ3n) is 3.65. The summed E-state index contributed by atoms with van der Waals surface area (Å²) in [5, 5.41) is 0. The topological polar surface area (TPSA) is 17.8 Å². The highest BCUT2D eigenvalue weighted by atomic mass is 15.1. The number of imidazole rings is 1. The summed E-state index contributed by atoms with van der Waals surface area (Å²) >= 11 is 0. The van der Waals surface area contributed by atoms with Crippen molar-refractivity contribution in [2.75, 3.05) is 0 Å². The smallest absolute Gasteiger partial charge is 0.109 e. The van der Waals surface area contributed by atoms with Crippen LogP contribution in [-0.4, -0.2) is 9.55 Å². The van der Waals surface area contributed by atoms with Gasteiger partial charge in [-0.25, -0.2) is 4.98 Å². The van der Waals surface area contributed by atoms with Gasteiger partial charge in [-0.2, -0.15) is 0 Å². The van der Waals surface area contributed by atoms with Gasteiger partial charge in [0.05, 0.1) is 5.69 Å². The number of hydrogen-bond acceptors (Lipinski definition) is 1. The third kappa shape index (κ3) is 1.88. The van der Waals surface area contributed by atoms with E-state index in [2.05, 4.69) is 48.9 Å². The molecule has 0 bridgehead atoms. The monoisotopic (exact) mass is 226 g/mol. The molecule has 0 amide bonds. The largest absolute Gasteiger partial charge is 0.334 e. The Hall–Kier alpha value is -1.57. The van der Waals surface area contributed by atoms with Crippen molar-refractivity contribution in [2.45, 2.75) is 33.2 Å². The van der Waals surface area contributed by atoms with Crippen molar-refractivity contribution >= 4 is 0 Å². The number of aromatic nitrogens is 2. The van der Waals surface area contributed by atoms with Gasteiger partial charge < -0.3 is 4.57 Å². The second-order valence-electron chi connectivity index (χ2n) is 5.15. The van der Waals surface area contributed by atoms with Crippen LogP contribution in [0.1, 0.15) is 24.7 Å². The Morgan fingerprint density at radius 2 is 2.12 bits per heavy atom. The summed E-state index contributed by atoms with van der Waals surface area (Å²) in [4.78, 5) is 4.78. The summed E-state index contributed by atoms with van der Waals surface area (Å²) in [5.41, 5.74) is 3.70. The van der Waals surface area contributed by atoms with Gasteiger partial charge in [0.1, 0.15) is 5.82 Å². The fourth-order valence-electron chi connectivity index (χ4n) is 2.60. The average Bonchev–Trinajstić information content (AvgIpc) is 2.72. The van der Waals surface area contributed by atoms with E-state index in [-0.39, 0.29) is 0 Å². The summed E-state index contributed by atoms with van der Waals surface area (Å²) in [5.74, 6) is 2.03. The first kappa shape index (κ1) is 10.6. The van der Waals surface area contributed by atoms with Gasteiger partial charge in [0.2, 0.25) is 0 Å². The Kier molecular flexibility index (Phi) is 2.50. The Labute approximate surface area is 102 Å². The van der Waals surface area contributed by atoms with Crippen LogP contribution in [0, 0.1) is 12.8 Å². The molecule has 2 aromatic rings. The molecule has 1 aliphatic heterocycles. The molecule has 1 aromatic heterocycles. The molecule has 88 valence electrons. The Bertz CT molecular complexity index is 540. The van der Waals surface area contributed by atoms with Gasteiger partial charge in [0, 0.05) is 24.7 Å². The van der Waals surface area contributed by atoms with Crippen LogP contribution in [0.15, 0.2) is 30.5 Å². The fraction of sp³-hybridized carbons (Fsp3) is 0.400. The van der Waals surface area contributed by atoms with E-state index in [4.69, 9.17) is 4.98 Å². The molecule has 0 unspecified atom stereocenters. The van der Waals surface area contributed by atoms with Crippen molar-refractivity contribution in [3.05, 3.63) is 41.9 Å². The zero-order chi connectivity index (χ0) is 11.8. The molecule has 17 heavy (non-hydrogen) atoms. The second-order valence-corrected chi connectivity index (χ2v) is 5.15. The summed E-state index contributed by atoms with van der Waals surface area (Å²) < 4.78 is 2.33. The number of hydrogen-bond donors (Lipinski definition) is 0. The minimum absolute atomic E-state index is 0.779. The lowest BCUT2D eigenvalue weighted by molar-refractivity contribution is 0.394. The van der Waals surface area contributed by atoms with E-state index >= 15 is 0 Å². The van der Waals surface area contributed by atoms with Crippen LogP contribution in [0.3, 0.4) is 0 Å². The summed E-state index contributed by atoms with van der Waals surface area (Å²) in [6.45, 7) is 5.58. The third-order valence-corrected chi connectivity index (χ3v) is 3.65. The molecular formula is C15H18N2. The molecule has 3 rings (SSSR count). The minimum Gasteiger partial charge on any atom is -0.334 e. The first-order valence-corrected chi connectivity index (χ1v) is 6.36. The highest BCUT2D eigenvalue weighted by Crippen LogP contribution is 2.26. The molecule has 0 saturated heterocycles. The summed E-state index contributed by atoms with van der Waals surface area (Å²) in [7, 11) is 0. The van der Waals surface area contributed by atoms with Crippen molar-refractivity contribution in [1.29, 1.82) is 0 Å². The lowest BCUT2D eigenvalue weighted by Gasteiger charge is -2.19. The summed E-state index contributed by atoms with van der Waals surface area (Å²) in [6, 6.07) is 8.48. The fourth-order valence-corrected chi connectivity index (χ4v) is 2.60. The molecule has 1 aromatic carbocycles.